The maximum atomic E-state index is 6.47. The number of hydrogen-bond acceptors (Lipinski definition) is 1. The summed E-state index contributed by atoms with van der Waals surface area (Å²) >= 11 is 19.0. The molecule has 0 saturated carbocycles. The van der Waals surface area contributed by atoms with Crippen molar-refractivity contribution < 1.29 is 4.57 Å². The lowest BCUT2D eigenvalue weighted by molar-refractivity contribution is -0.585. The van der Waals surface area contributed by atoms with Crippen molar-refractivity contribution in [2.24, 2.45) is 0 Å². The van der Waals surface area contributed by atoms with Crippen LogP contribution >= 0.6 is 34.8 Å². The summed E-state index contributed by atoms with van der Waals surface area (Å²) in [7, 11) is 0. The highest BCUT2D eigenvalue weighted by Gasteiger charge is 2.26. The molecule has 1 heterocycles. The molecule has 0 unspecified atom stereocenters. The normalized spacial score (nSPS) is 11.1. The Morgan fingerprint density at radius 2 is 1.41 bits per heavy atom. The Bertz CT molecular complexity index is 1170. The van der Waals surface area contributed by atoms with Crippen LogP contribution in [0.1, 0.15) is 16.7 Å². The highest BCUT2D eigenvalue weighted by Crippen LogP contribution is 2.32. The van der Waals surface area contributed by atoms with Gasteiger partial charge < -0.3 is 0 Å². The van der Waals surface area contributed by atoms with Gasteiger partial charge in [-0.25, -0.2) is 0 Å². The quantitative estimate of drug-likeness (QED) is 0.323. The van der Waals surface area contributed by atoms with Gasteiger partial charge >= 0.3 is 5.82 Å². The van der Waals surface area contributed by atoms with Gasteiger partial charge in [-0.15, -0.1) is 0 Å². The van der Waals surface area contributed by atoms with E-state index in [0.29, 0.717) is 20.8 Å². The second kappa shape index (κ2) is 7.83. The van der Waals surface area contributed by atoms with Crippen molar-refractivity contribution in [1.29, 1.82) is 0 Å². The van der Waals surface area contributed by atoms with Crippen molar-refractivity contribution in [2.45, 2.75) is 20.8 Å². The molecule has 0 aliphatic rings. The van der Waals surface area contributed by atoms with Gasteiger partial charge in [0.25, 0.3) is 0 Å². The molecule has 0 radical (unpaired) electrons. The molecule has 29 heavy (non-hydrogen) atoms. The van der Waals surface area contributed by atoms with Crippen LogP contribution in [0.15, 0.2) is 60.9 Å². The molecule has 146 valence electrons. The van der Waals surface area contributed by atoms with E-state index in [1.165, 1.54) is 5.56 Å². The SMILES string of the molecule is Cc1cc(C)c(-[n+]2cn(-c3c(Cl)cc(Cl)cc3Cl)nc2-c2ccccc2)c(C)c1. The lowest BCUT2D eigenvalue weighted by Crippen LogP contribution is -2.33. The molecule has 0 spiro atoms. The molecule has 0 aliphatic heterocycles. The van der Waals surface area contributed by atoms with Gasteiger partial charge in [0.15, 0.2) is 5.69 Å². The first-order valence-electron chi connectivity index (χ1n) is 9.15. The molecule has 3 nitrogen and oxygen atoms in total. The summed E-state index contributed by atoms with van der Waals surface area (Å²) in [5.74, 6) is 0.794. The molecule has 0 N–H and O–H groups in total. The Hall–Kier alpha value is -2.33. The predicted octanol–water partition coefficient (Wildman–Crippen LogP) is 6.70. The molecule has 1 aromatic heterocycles. The molecule has 0 fully saturated rings. The monoisotopic (exact) mass is 442 g/mol. The zero-order valence-corrected chi connectivity index (χ0v) is 18.5. The number of halogens is 3. The van der Waals surface area contributed by atoms with Crippen LogP contribution in [-0.4, -0.2) is 9.78 Å². The Morgan fingerprint density at radius 3 is 2.00 bits per heavy atom. The van der Waals surface area contributed by atoms with E-state index in [0.717, 1.165) is 28.2 Å². The summed E-state index contributed by atoms with van der Waals surface area (Å²) < 4.78 is 3.79. The molecule has 0 amide bonds. The third kappa shape index (κ3) is 3.78. The van der Waals surface area contributed by atoms with E-state index in [4.69, 9.17) is 39.9 Å². The van der Waals surface area contributed by atoms with E-state index in [1.54, 1.807) is 16.8 Å². The van der Waals surface area contributed by atoms with Crippen LogP contribution < -0.4 is 4.57 Å². The second-order valence-corrected chi connectivity index (χ2v) is 8.34. The van der Waals surface area contributed by atoms with E-state index in [1.807, 2.05) is 36.7 Å². The van der Waals surface area contributed by atoms with Gasteiger partial charge in [-0.1, -0.05) is 75.4 Å². The van der Waals surface area contributed by atoms with E-state index < -0.39 is 0 Å². The van der Waals surface area contributed by atoms with Crippen LogP contribution in [-0.2, 0) is 0 Å². The fraction of sp³-hybridized carbons (Fsp3) is 0.130. The van der Waals surface area contributed by atoms with Gasteiger partial charge in [-0.3, -0.25) is 0 Å². The summed E-state index contributed by atoms with van der Waals surface area (Å²) in [4.78, 5) is 0. The van der Waals surface area contributed by atoms with Crippen LogP contribution in [0, 0.1) is 20.8 Å². The number of hydrogen-bond donors (Lipinski definition) is 0. The second-order valence-electron chi connectivity index (χ2n) is 7.09. The summed E-state index contributed by atoms with van der Waals surface area (Å²) in [5, 5.41) is 6.21. The van der Waals surface area contributed by atoms with Gasteiger partial charge in [-0.05, 0) is 56.2 Å². The van der Waals surface area contributed by atoms with Crippen LogP contribution in [0.2, 0.25) is 15.1 Å². The summed E-state index contributed by atoms with van der Waals surface area (Å²) in [5.41, 5.74) is 6.22. The van der Waals surface area contributed by atoms with Crippen molar-refractivity contribution in [3.63, 3.8) is 0 Å². The molecule has 6 heteroatoms. The molecular weight excluding hydrogens is 425 g/mol. The van der Waals surface area contributed by atoms with E-state index in [-0.39, 0.29) is 0 Å². The maximum Gasteiger partial charge on any atom is 0.314 e. The van der Waals surface area contributed by atoms with Crippen LogP contribution in [0.25, 0.3) is 22.8 Å². The molecule has 0 bridgehead atoms. The van der Waals surface area contributed by atoms with Gasteiger partial charge in [0.1, 0.15) is 5.69 Å². The van der Waals surface area contributed by atoms with Gasteiger partial charge in [-0.2, -0.15) is 4.57 Å². The molecule has 0 aliphatic carbocycles. The van der Waals surface area contributed by atoms with Crippen LogP contribution in [0.5, 0.6) is 0 Å². The van der Waals surface area contributed by atoms with Gasteiger partial charge in [0, 0.05) is 5.02 Å². The molecule has 3 aromatic carbocycles. The lowest BCUT2D eigenvalue weighted by Gasteiger charge is -2.09. The fourth-order valence-electron chi connectivity index (χ4n) is 3.70. The first-order valence-corrected chi connectivity index (χ1v) is 10.3. The lowest BCUT2D eigenvalue weighted by atomic mass is 10.0. The van der Waals surface area contributed by atoms with Crippen molar-refractivity contribution in [3.8, 4) is 22.8 Å². The Kier molecular flexibility index (Phi) is 5.39. The Labute approximate surface area is 185 Å². The van der Waals surface area contributed by atoms with Gasteiger partial charge in [0.2, 0.25) is 6.33 Å². The molecule has 0 saturated heterocycles. The zero-order chi connectivity index (χ0) is 20.7. The van der Waals surface area contributed by atoms with Gasteiger partial charge in [0.05, 0.1) is 20.7 Å². The average Bonchev–Trinajstić information content (AvgIpc) is 3.05. The molecular formula is C23H19Cl3N3+. The average molecular weight is 444 g/mol. The first kappa shape index (κ1) is 20.0. The number of nitrogens with zero attached hydrogens (tertiary/aromatic N) is 3. The molecule has 4 rings (SSSR count). The Balaban J connectivity index is 2.02. The number of rotatable bonds is 3. The summed E-state index contributed by atoms with van der Waals surface area (Å²) in [6, 6.07) is 17.7. The molecule has 4 aromatic rings. The topological polar surface area (TPSA) is 21.7 Å². The van der Waals surface area contributed by atoms with E-state index in [2.05, 4.69) is 37.5 Å². The zero-order valence-electron chi connectivity index (χ0n) is 16.2. The first-order chi connectivity index (χ1) is 13.8. The van der Waals surface area contributed by atoms with Crippen molar-refractivity contribution >= 4 is 34.8 Å². The fourth-order valence-corrected chi connectivity index (χ4v) is 4.69. The van der Waals surface area contributed by atoms with Crippen molar-refractivity contribution in [3.05, 3.63) is 92.7 Å². The third-order valence-electron chi connectivity index (χ3n) is 4.77. The van der Waals surface area contributed by atoms with Crippen LogP contribution in [0.3, 0.4) is 0 Å². The minimum absolute atomic E-state index is 0.439. The minimum Gasteiger partial charge on any atom is -0.196 e. The largest absolute Gasteiger partial charge is 0.314 e. The van der Waals surface area contributed by atoms with Crippen molar-refractivity contribution in [1.82, 2.24) is 9.78 Å². The summed E-state index contributed by atoms with van der Waals surface area (Å²) in [6.07, 6.45) is 1.91. The number of benzene rings is 3. The van der Waals surface area contributed by atoms with Crippen LogP contribution in [0.4, 0.5) is 0 Å². The summed E-state index contributed by atoms with van der Waals surface area (Å²) in [6.45, 7) is 6.32. The third-order valence-corrected chi connectivity index (χ3v) is 5.57. The smallest absolute Gasteiger partial charge is 0.196 e. The Morgan fingerprint density at radius 1 is 0.828 bits per heavy atom. The van der Waals surface area contributed by atoms with E-state index >= 15 is 0 Å². The number of aryl methyl sites for hydroxylation is 3. The molecule has 0 atom stereocenters. The van der Waals surface area contributed by atoms with Crippen molar-refractivity contribution in [2.75, 3.05) is 0 Å². The van der Waals surface area contributed by atoms with E-state index in [9.17, 15) is 0 Å². The maximum absolute atomic E-state index is 6.47. The highest BCUT2D eigenvalue weighted by atomic mass is 35.5. The predicted molar refractivity (Wildman–Crippen MR) is 120 cm³/mol. The standard InChI is InChI=1S/C23H19Cl3N3/c1-14-9-15(2)21(16(3)10-14)28-13-29(22-19(25)11-18(24)12-20(22)26)27-23(28)17-7-5-4-6-8-17/h4-13H,1-3H3/q+1. The number of aromatic nitrogens is 3. The minimum atomic E-state index is 0.439. The highest BCUT2D eigenvalue weighted by molar-refractivity contribution is 6.40.